The van der Waals surface area contributed by atoms with E-state index in [1.165, 1.54) is 6.92 Å². The molecule has 0 aliphatic carbocycles. The first-order valence-electron chi connectivity index (χ1n) is 5.79. The summed E-state index contributed by atoms with van der Waals surface area (Å²) in [5.41, 5.74) is 3.32. The summed E-state index contributed by atoms with van der Waals surface area (Å²) in [6.07, 6.45) is 0. The standard InChI is InChI=1S/C11H11F5N2O3S/c1-2-18(3-6(17)19)22(20,21)4-5-7(12)9(14)11(16)10(15)8(5)13/h2-4H2,1H3,(H2,17,19). The molecule has 1 amide bonds. The van der Waals surface area contributed by atoms with Crippen molar-refractivity contribution in [1.29, 1.82) is 0 Å². The summed E-state index contributed by atoms with van der Waals surface area (Å²) in [4.78, 5) is 10.8. The van der Waals surface area contributed by atoms with Crippen molar-refractivity contribution in [2.75, 3.05) is 13.1 Å². The Morgan fingerprint density at radius 3 is 1.77 bits per heavy atom. The smallest absolute Gasteiger partial charge is 0.232 e. The first-order valence-corrected chi connectivity index (χ1v) is 7.40. The molecule has 11 heteroatoms. The summed E-state index contributed by atoms with van der Waals surface area (Å²) in [7, 11) is -4.52. The Kier molecular flexibility index (Phi) is 5.46. The quantitative estimate of drug-likeness (QED) is 0.474. The molecule has 0 bridgehead atoms. The highest BCUT2D eigenvalue weighted by atomic mass is 32.2. The normalized spacial score (nSPS) is 12.0. The average molecular weight is 346 g/mol. The van der Waals surface area contributed by atoms with Crippen LogP contribution in [0, 0.1) is 29.1 Å². The van der Waals surface area contributed by atoms with Crippen LogP contribution in [0.15, 0.2) is 0 Å². The van der Waals surface area contributed by atoms with Crippen LogP contribution in [-0.2, 0) is 20.6 Å². The van der Waals surface area contributed by atoms with Crippen LogP contribution in [0.1, 0.15) is 12.5 Å². The number of rotatable bonds is 6. The molecule has 0 saturated heterocycles. The molecule has 0 spiro atoms. The summed E-state index contributed by atoms with van der Waals surface area (Å²) >= 11 is 0. The molecule has 0 aliphatic heterocycles. The van der Waals surface area contributed by atoms with E-state index in [9.17, 15) is 35.2 Å². The zero-order valence-corrected chi connectivity index (χ0v) is 12.0. The molecule has 1 aromatic carbocycles. The summed E-state index contributed by atoms with van der Waals surface area (Å²) < 4.78 is 90.2. The minimum atomic E-state index is -4.52. The molecule has 5 nitrogen and oxygen atoms in total. The predicted molar refractivity (Wildman–Crippen MR) is 65.3 cm³/mol. The number of sulfonamides is 1. The Morgan fingerprint density at radius 1 is 1.00 bits per heavy atom. The van der Waals surface area contributed by atoms with Crippen molar-refractivity contribution in [3.63, 3.8) is 0 Å². The highest BCUT2D eigenvalue weighted by Crippen LogP contribution is 2.25. The van der Waals surface area contributed by atoms with Gasteiger partial charge in [0.05, 0.1) is 12.3 Å². The molecule has 2 N–H and O–H groups in total. The summed E-state index contributed by atoms with van der Waals surface area (Å²) in [5.74, 6) is -13.9. The fourth-order valence-corrected chi connectivity index (χ4v) is 3.15. The fraction of sp³-hybridized carbons (Fsp3) is 0.364. The molecule has 0 fully saturated rings. The Morgan fingerprint density at radius 2 is 1.41 bits per heavy atom. The van der Waals surface area contributed by atoms with Gasteiger partial charge in [0.25, 0.3) is 0 Å². The van der Waals surface area contributed by atoms with E-state index >= 15 is 0 Å². The van der Waals surface area contributed by atoms with Crippen molar-refractivity contribution in [3.05, 3.63) is 34.6 Å². The minimum Gasteiger partial charge on any atom is -0.369 e. The second-order valence-electron chi connectivity index (χ2n) is 4.20. The van der Waals surface area contributed by atoms with E-state index in [0.717, 1.165) is 0 Å². The van der Waals surface area contributed by atoms with Crippen LogP contribution >= 0.6 is 0 Å². The molecule has 124 valence electrons. The predicted octanol–water partition coefficient (Wildman–Crippen LogP) is 1.02. The van der Waals surface area contributed by atoms with Gasteiger partial charge in [0.2, 0.25) is 21.7 Å². The van der Waals surface area contributed by atoms with Crippen LogP contribution in [0.2, 0.25) is 0 Å². The van der Waals surface area contributed by atoms with E-state index in [1.54, 1.807) is 0 Å². The van der Waals surface area contributed by atoms with E-state index in [-0.39, 0.29) is 6.54 Å². The van der Waals surface area contributed by atoms with Crippen molar-refractivity contribution in [1.82, 2.24) is 4.31 Å². The van der Waals surface area contributed by atoms with Gasteiger partial charge in [0.1, 0.15) is 0 Å². The van der Waals surface area contributed by atoms with Gasteiger partial charge in [0.15, 0.2) is 23.3 Å². The van der Waals surface area contributed by atoms with Crippen molar-refractivity contribution in [3.8, 4) is 0 Å². The van der Waals surface area contributed by atoms with Gasteiger partial charge in [-0.15, -0.1) is 0 Å². The molecular formula is C11H11F5N2O3S. The number of carbonyl (C=O) groups excluding carboxylic acids is 1. The molecule has 0 aromatic heterocycles. The fourth-order valence-electron chi connectivity index (χ4n) is 1.63. The zero-order valence-electron chi connectivity index (χ0n) is 11.2. The molecular weight excluding hydrogens is 335 g/mol. The van der Waals surface area contributed by atoms with E-state index < -0.39 is 62.9 Å². The van der Waals surface area contributed by atoms with Crippen LogP contribution in [0.4, 0.5) is 22.0 Å². The Labute approximate surface area is 122 Å². The molecule has 0 heterocycles. The lowest BCUT2D eigenvalue weighted by molar-refractivity contribution is -0.118. The lowest BCUT2D eigenvalue weighted by atomic mass is 10.2. The lowest BCUT2D eigenvalue weighted by Crippen LogP contribution is -2.39. The molecule has 22 heavy (non-hydrogen) atoms. The third-order valence-corrected chi connectivity index (χ3v) is 4.53. The number of nitrogens with two attached hydrogens (primary N) is 1. The van der Waals surface area contributed by atoms with Gasteiger partial charge in [0, 0.05) is 12.1 Å². The molecule has 0 radical (unpaired) electrons. The van der Waals surface area contributed by atoms with E-state index in [0.29, 0.717) is 4.31 Å². The van der Waals surface area contributed by atoms with Crippen LogP contribution in [-0.4, -0.2) is 31.7 Å². The third-order valence-electron chi connectivity index (χ3n) is 2.71. The van der Waals surface area contributed by atoms with Gasteiger partial charge in [-0.3, -0.25) is 4.79 Å². The monoisotopic (exact) mass is 346 g/mol. The molecule has 0 unspecified atom stereocenters. The van der Waals surface area contributed by atoms with Crippen molar-refractivity contribution in [2.45, 2.75) is 12.7 Å². The van der Waals surface area contributed by atoms with Gasteiger partial charge < -0.3 is 5.73 Å². The SMILES string of the molecule is CCN(CC(N)=O)S(=O)(=O)Cc1c(F)c(F)c(F)c(F)c1F. The van der Waals surface area contributed by atoms with Crippen molar-refractivity contribution >= 4 is 15.9 Å². The van der Waals surface area contributed by atoms with Gasteiger partial charge in [-0.25, -0.2) is 30.4 Å². The average Bonchev–Trinajstić information content (AvgIpc) is 2.44. The summed E-state index contributed by atoms with van der Waals surface area (Å²) in [6.45, 7) is 0.244. The van der Waals surface area contributed by atoms with E-state index in [1.807, 2.05) is 0 Å². The highest BCUT2D eigenvalue weighted by molar-refractivity contribution is 7.88. The number of primary amides is 1. The summed E-state index contributed by atoms with van der Waals surface area (Å²) in [6, 6.07) is 0. The number of nitrogens with zero attached hydrogens (tertiary/aromatic N) is 1. The first kappa shape index (κ1) is 18.3. The van der Waals surface area contributed by atoms with Gasteiger partial charge in [-0.05, 0) is 0 Å². The minimum absolute atomic E-state index is 0.277. The number of benzene rings is 1. The van der Waals surface area contributed by atoms with Crippen molar-refractivity contribution < 1.29 is 35.2 Å². The topological polar surface area (TPSA) is 80.5 Å². The third kappa shape index (κ3) is 3.53. The van der Waals surface area contributed by atoms with Gasteiger partial charge in [-0.2, -0.15) is 4.31 Å². The molecule has 0 aliphatic rings. The Balaban J connectivity index is 3.32. The van der Waals surface area contributed by atoms with Crippen LogP contribution < -0.4 is 5.73 Å². The molecule has 0 atom stereocenters. The first-order chi connectivity index (χ1) is 10.0. The second-order valence-corrected chi connectivity index (χ2v) is 6.17. The number of hydrogen-bond donors (Lipinski definition) is 1. The number of amides is 1. The van der Waals surface area contributed by atoms with Crippen molar-refractivity contribution in [2.24, 2.45) is 5.73 Å². The van der Waals surface area contributed by atoms with E-state index in [2.05, 4.69) is 0 Å². The molecule has 1 rings (SSSR count). The van der Waals surface area contributed by atoms with Gasteiger partial charge >= 0.3 is 0 Å². The largest absolute Gasteiger partial charge is 0.369 e. The van der Waals surface area contributed by atoms with Crippen LogP contribution in [0.3, 0.4) is 0 Å². The van der Waals surface area contributed by atoms with Gasteiger partial charge in [-0.1, -0.05) is 6.92 Å². The van der Waals surface area contributed by atoms with Crippen LogP contribution in [0.25, 0.3) is 0 Å². The maximum absolute atomic E-state index is 13.5. The number of carbonyl (C=O) groups is 1. The second kappa shape index (κ2) is 6.57. The molecule has 1 aromatic rings. The lowest BCUT2D eigenvalue weighted by Gasteiger charge is -2.19. The van der Waals surface area contributed by atoms with E-state index in [4.69, 9.17) is 5.73 Å². The Hall–Kier alpha value is -1.75. The molecule has 0 saturated carbocycles. The number of likely N-dealkylation sites (N-methyl/N-ethyl adjacent to an activating group) is 1. The van der Waals surface area contributed by atoms with Crippen LogP contribution in [0.5, 0.6) is 0 Å². The summed E-state index contributed by atoms with van der Waals surface area (Å²) in [5, 5.41) is 0. The maximum atomic E-state index is 13.5. The Bertz CT molecular complexity index is 679. The number of halogens is 5. The maximum Gasteiger partial charge on any atom is 0.232 e. The zero-order chi connectivity index (χ0) is 17.2. The number of hydrogen-bond acceptors (Lipinski definition) is 3. The highest BCUT2D eigenvalue weighted by Gasteiger charge is 2.31.